The van der Waals surface area contributed by atoms with Crippen LogP contribution in [0.3, 0.4) is 0 Å². The summed E-state index contributed by atoms with van der Waals surface area (Å²) < 4.78 is 11.3. The molecule has 0 amide bonds. The fourth-order valence-corrected chi connectivity index (χ4v) is 2.30. The van der Waals surface area contributed by atoms with Crippen LogP contribution in [0.15, 0.2) is 24.3 Å². The lowest BCUT2D eigenvalue weighted by atomic mass is 10.0. The third kappa shape index (κ3) is 3.31. The summed E-state index contributed by atoms with van der Waals surface area (Å²) in [5.41, 5.74) is 2.65. The Balaban J connectivity index is 1.93. The molecule has 1 aromatic carbocycles. The van der Waals surface area contributed by atoms with Crippen molar-refractivity contribution in [3.05, 3.63) is 35.4 Å². The van der Waals surface area contributed by atoms with Crippen LogP contribution >= 0.6 is 0 Å². The largest absolute Gasteiger partial charge is 0.349 e. The molecule has 2 rings (SSSR count). The molecule has 18 heavy (non-hydrogen) atoms. The highest BCUT2D eigenvalue weighted by molar-refractivity contribution is 5.28. The Hall–Kier alpha value is -0.900. The summed E-state index contributed by atoms with van der Waals surface area (Å²) in [4.78, 5) is 0. The highest BCUT2D eigenvalue weighted by atomic mass is 16.7. The van der Waals surface area contributed by atoms with Crippen molar-refractivity contribution in [1.82, 2.24) is 5.32 Å². The topological polar surface area (TPSA) is 30.5 Å². The summed E-state index contributed by atoms with van der Waals surface area (Å²) in [6.07, 6.45) is 0. The lowest BCUT2D eigenvalue weighted by Crippen LogP contribution is -2.49. The average molecular weight is 249 g/mol. The van der Waals surface area contributed by atoms with E-state index < -0.39 is 5.79 Å². The van der Waals surface area contributed by atoms with Crippen LogP contribution in [0.4, 0.5) is 0 Å². The van der Waals surface area contributed by atoms with Crippen molar-refractivity contribution in [2.45, 2.75) is 45.6 Å². The molecule has 100 valence electrons. The molecule has 1 aromatic rings. The van der Waals surface area contributed by atoms with Gasteiger partial charge < -0.3 is 14.8 Å². The van der Waals surface area contributed by atoms with Gasteiger partial charge in [0, 0.05) is 6.04 Å². The van der Waals surface area contributed by atoms with Crippen molar-refractivity contribution in [1.29, 1.82) is 0 Å². The SMILES string of the molecule is Cc1ccccc1C(C)NC1COC(C)(C)OC1. The zero-order valence-corrected chi connectivity index (χ0v) is 11.7. The van der Waals surface area contributed by atoms with Gasteiger partial charge >= 0.3 is 0 Å². The molecule has 0 aromatic heterocycles. The van der Waals surface area contributed by atoms with Crippen LogP contribution in [0, 0.1) is 6.92 Å². The van der Waals surface area contributed by atoms with Crippen LogP contribution in [0.1, 0.15) is 37.9 Å². The van der Waals surface area contributed by atoms with Crippen molar-refractivity contribution < 1.29 is 9.47 Å². The average Bonchev–Trinajstić information content (AvgIpc) is 2.32. The van der Waals surface area contributed by atoms with Gasteiger partial charge in [-0.15, -0.1) is 0 Å². The zero-order chi connectivity index (χ0) is 13.2. The Kier molecular flexibility index (Phi) is 4.05. The number of benzene rings is 1. The molecule has 0 saturated carbocycles. The van der Waals surface area contributed by atoms with Crippen LogP contribution in [0.5, 0.6) is 0 Å². The molecule has 3 heteroatoms. The molecule has 0 aliphatic carbocycles. The van der Waals surface area contributed by atoms with Crippen LogP contribution in [0.2, 0.25) is 0 Å². The summed E-state index contributed by atoms with van der Waals surface area (Å²) >= 11 is 0. The molecule has 3 nitrogen and oxygen atoms in total. The predicted molar refractivity (Wildman–Crippen MR) is 72.5 cm³/mol. The number of nitrogens with one attached hydrogen (secondary N) is 1. The normalized spacial score (nSPS) is 21.8. The van der Waals surface area contributed by atoms with Gasteiger partial charge in [0.15, 0.2) is 5.79 Å². The Morgan fingerprint density at radius 1 is 1.22 bits per heavy atom. The lowest BCUT2D eigenvalue weighted by molar-refractivity contribution is -0.253. The van der Waals surface area contributed by atoms with Crippen LogP contribution in [-0.4, -0.2) is 25.0 Å². The minimum absolute atomic E-state index is 0.257. The van der Waals surface area contributed by atoms with E-state index >= 15 is 0 Å². The molecule has 0 bridgehead atoms. The van der Waals surface area contributed by atoms with Gasteiger partial charge in [0.2, 0.25) is 0 Å². The summed E-state index contributed by atoms with van der Waals surface area (Å²) in [5, 5.41) is 3.56. The van der Waals surface area contributed by atoms with Gasteiger partial charge in [-0.1, -0.05) is 24.3 Å². The van der Waals surface area contributed by atoms with Gasteiger partial charge in [0.1, 0.15) is 0 Å². The third-order valence-electron chi connectivity index (χ3n) is 3.40. The predicted octanol–water partition coefficient (Wildman–Crippen LogP) is 2.80. The van der Waals surface area contributed by atoms with Gasteiger partial charge in [-0.3, -0.25) is 0 Å². The molecule has 0 radical (unpaired) electrons. The quantitative estimate of drug-likeness (QED) is 0.893. The van der Waals surface area contributed by atoms with Gasteiger partial charge in [0.25, 0.3) is 0 Å². The summed E-state index contributed by atoms with van der Waals surface area (Å²) in [6.45, 7) is 9.63. The van der Waals surface area contributed by atoms with Gasteiger partial charge in [-0.05, 0) is 38.8 Å². The lowest BCUT2D eigenvalue weighted by Gasteiger charge is -2.36. The summed E-state index contributed by atoms with van der Waals surface area (Å²) in [6, 6.07) is 9.03. The molecule has 1 unspecified atom stereocenters. The molecule has 1 N–H and O–H groups in total. The van der Waals surface area contributed by atoms with E-state index in [0.717, 1.165) is 0 Å². The van der Waals surface area contributed by atoms with Gasteiger partial charge in [0.05, 0.1) is 19.3 Å². The Morgan fingerprint density at radius 3 is 2.44 bits per heavy atom. The first-order chi connectivity index (χ1) is 8.48. The number of ether oxygens (including phenoxy) is 2. The monoisotopic (exact) mass is 249 g/mol. The minimum atomic E-state index is -0.440. The highest BCUT2D eigenvalue weighted by Crippen LogP contribution is 2.21. The van der Waals surface area contributed by atoms with Crippen molar-refractivity contribution >= 4 is 0 Å². The maximum absolute atomic E-state index is 5.66. The van der Waals surface area contributed by atoms with E-state index in [9.17, 15) is 0 Å². The maximum atomic E-state index is 5.66. The van der Waals surface area contributed by atoms with Crippen LogP contribution in [-0.2, 0) is 9.47 Å². The summed E-state index contributed by atoms with van der Waals surface area (Å²) in [7, 11) is 0. The molecule has 0 spiro atoms. The van der Waals surface area contributed by atoms with E-state index in [1.54, 1.807) is 0 Å². The molecule has 1 aliphatic heterocycles. The number of hydrogen-bond acceptors (Lipinski definition) is 3. The number of hydrogen-bond donors (Lipinski definition) is 1. The fraction of sp³-hybridized carbons (Fsp3) is 0.600. The van der Waals surface area contributed by atoms with E-state index in [1.807, 2.05) is 13.8 Å². The molecule has 1 atom stereocenters. The van der Waals surface area contributed by atoms with Crippen molar-refractivity contribution in [2.24, 2.45) is 0 Å². The van der Waals surface area contributed by atoms with E-state index in [4.69, 9.17) is 9.47 Å². The van der Waals surface area contributed by atoms with E-state index in [2.05, 4.69) is 43.4 Å². The van der Waals surface area contributed by atoms with E-state index in [-0.39, 0.29) is 6.04 Å². The van der Waals surface area contributed by atoms with Crippen molar-refractivity contribution in [3.63, 3.8) is 0 Å². The second-order valence-corrected chi connectivity index (χ2v) is 5.46. The van der Waals surface area contributed by atoms with E-state index in [1.165, 1.54) is 11.1 Å². The molecule has 1 fully saturated rings. The molecule has 1 saturated heterocycles. The number of aryl methyl sites for hydroxylation is 1. The standard InChI is InChI=1S/C15H23NO2/c1-11-7-5-6-8-14(11)12(2)16-13-9-17-15(3,4)18-10-13/h5-8,12-13,16H,9-10H2,1-4H3. The Bertz CT molecular complexity index is 393. The third-order valence-corrected chi connectivity index (χ3v) is 3.40. The Labute approximate surface area is 109 Å². The second kappa shape index (κ2) is 5.39. The fourth-order valence-electron chi connectivity index (χ4n) is 2.30. The van der Waals surface area contributed by atoms with Gasteiger partial charge in [-0.2, -0.15) is 0 Å². The highest BCUT2D eigenvalue weighted by Gasteiger charge is 2.28. The Morgan fingerprint density at radius 2 is 1.83 bits per heavy atom. The first-order valence-electron chi connectivity index (χ1n) is 6.57. The summed E-state index contributed by atoms with van der Waals surface area (Å²) in [5.74, 6) is -0.440. The molecule has 1 heterocycles. The zero-order valence-electron chi connectivity index (χ0n) is 11.7. The first-order valence-corrected chi connectivity index (χ1v) is 6.57. The first kappa shape index (κ1) is 13.5. The van der Waals surface area contributed by atoms with E-state index in [0.29, 0.717) is 19.3 Å². The smallest absolute Gasteiger partial charge is 0.162 e. The van der Waals surface area contributed by atoms with Crippen molar-refractivity contribution in [3.8, 4) is 0 Å². The second-order valence-electron chi connectivity index (χ2n) is 5.46. The molecule has 1 aliphatic rings. The molecular weight excluding hydrogens is 226 g/mol. The minimum Gasteiger partial charge on any atom is -0.349 e. The van der Waals surface area contributed by atoms with Crippen LogP contribution < -0.4 is 5.32 Å². The molecular formula is C15H23NO2. The van der Waals surface area contributed by atoms with Crippen LogP contribution in [0.25, 0.3) is 0 Å². The maximum Gasteiger partial charge on any atom is 0.162 e. The number of rotatable bonds is 3. The van der Waals surface area contributed by atoms with Gasteiger partial charge in [-0.25, -0.2) is 0 Å². The van der Waals surface area contributed by atoms with Crippen molar-refractivity contribution in [2.75, 3.05) is 13.2 Å².